The second kappa shape index (κ2) is 7.94. The van der Waals surface area contributed by atoms with Crippen LogP contribution in [0.25, 0.3) is 0 Å². The molecule has 0 aliphatic carbocycles. The second-order valence-electron chi connectivity index (χ2n) is 4.66. The molecule has 0 radical (unpaired) electrons. The van der Waals surface area contributed by atoms with E-state index in [2.05, 4.69) is 0 Å². The average Bonchev–Trinajstić information content (AvgIpc) is 2.43. The number of hydrogen-bond donors (Lipinski definition) is 1. The number of carbonyl (C=O) groups excluding carboxylic acids is 1. The summed E-state index contributed by atoms with van der Waals surface area (Å²) in [4.78, 5) is 13.8. The number of nitrogens with zero attached hydrogens (tertiary/aromatic N) is 1. The first-order valence-electron chi connectivity index (χ1n) is 6.88. The zero-order chi connectivity index (χ0) is 15.1. The van der Waals surface area contributed by atoms with E-state index in [9.17, 15) is 13.6 Å². The molecule has 0 aliphatic heterocycles. The van der Waals surface area contributed by atoms with E-state index in [1.54, 1.807) is 0 Å². The molecule has 1 aromatic rings. The second-order valence-corrected chi connectivity index (χ2v) is 4.66. The summed E-state index contributed by atoms with van der Waals surface area (Å²) in [6.45, 7) is 3.90. The average molecular weight is 285 g/mol. The van der Waals surface area contributed by atoms with Crippen LogP contribution in [0.15, 0.2) is 18.2 Å². The highest BCUT2D eigenvalue weighted by atomic mass is 19.1. The standard InChI is InChI=1S/C15H21F2NO2/c1-3-11(4-2)18(8-9-19)15(20)10-12-13(16)6-5-7-14(12)17/h5-7,11,19H,3-4,8-10H2,1-2H3. The highest BCUT2D eigenvalue weighted by Crippen LogP contribution is 2.16. The minimum absolute atomic E-state index is 0.0236. The summed E-state index contributed by atoms with van der Waals surface area (Å²) in [6, 6.07) is 3.52. The van der Waals surface area contributed by atoms with Crippen LogP contribution in [0.3, 0.4) is 0 Å². The van der Waals surface area contributed by atoms with E-state index in [-0.39, 0.29) is 37.1 Å². The SMILES string of the molecule is CCC(CC)N(CCO)C(=O)Cc1c(F)cccc1F. The van der Waals surface area contributed by atoms with Crippen molar-refractivity contribution in [2.45, 2.75) is 39.2 Å². The number of aliphatic hydroxyl groups excluding tert-OH is 1. The molecule has 0 unspecified atom stereocenters. The Morgan fingerprint density at radius 1 is 1.25 bits per heavy atom. The first-order chi connectivity index (χ1) is 9.54. The van der Waals surface area contributed by atoms with Gasteiger partial charge >= 0.3 is 0 Å². The Hall–Kier alpha value is -1.49. The highest BCUT2D eigenvalue weighted by molar-refractivity contribution is 5.79. The van der Waals surface area contributed by atoms with E-state index in [0.29, 0.717) is 0 Å². The van der Waals surface area contributed by atoms with E-state index in [0.717, 1.165) is 25.0 Å². The summed E-state index contributed by atoms with van der Waals surface area (Å²) in [6.07, 6.45) is 1.15. The van der Waals surface area contributed by atoms with Crippen molar-refractivity contribution in [3.8, 4) is 0 Å². The molecule has 3 nitrogen and oxygen atoms in total. The van der Waals surface area contributed by atoms with E-state index in [1.807, 2.05) is 13.8 Å². The molecule has 0 aromatic heterocycles. The number of rotatable bonds is 7. The molecule has 20 heavy (non-hydrogen) atoms. The fraction of sp³-hybridized carbons (Fsp3) is 0.533. The largest absolute Gasteiger partial charge is 0.395 e. The number of hydrogen-bond acceptors (Lipinski definition) is 2. The van der Waals surface area contributed by atoms with Crippen molar-refractivity contribution in [3.05, 3.63) is 35.4 Å². The third-order valence-electron chi connectivity index (χ3n) is 3.43. The number of aliphatic hydroxyl groups is 1. The van der Waals surface area contributed by atoms with Crippen molar-refractivity contribution < 1.29 is 18.7 Å². The van der Waals surface area contributed by atoms with E-state index >= 15 is 0 Å². The zero-order valence-corrected chi connectivity index (χ0v) is 11.9. The molecule has 0 heterocycles. The Morgan fingerprint density at radius 3 is 2.25 bits per heavy atom. The maximum absolute atomic E-state index is 13.6. The quantitative estimate of drug-likeness (QED) is 0.836. The maximum Gasteiger partial charge on any atom is 0.227 e. The van der Waals surface area contributed by atoms with Crippen LogP contribution in [0, 0.1) is 11.6 Å². The Balaban J connectivity index is 2.91. The van der Waals surface area contributed by atoms with Gasteiger partial charge < -0.3 is 10.0 Å². The Morgan fingerprint density at radius 2 is 1.80 bits per heavy atom. The van der Waals surface area contributed by atoms with Crippen molar-refractivity contribution in [2.24, 2.45) is 0 Å². The van der Waals surface area contributed by atoms with Crippen LogP contribution in [0.2, 0.25) is 0 Å². The zero-order valence-electron chi connectivity index (χ0n) is 11.9. The van der Waals surface area contributed by atoms with E-state index < -0.39 is 11.6 Å². The summed E-state index contributed by atoms with van der Waals surface area (Å²) in [5, 5.41) is 9.06. The molecule has 112 valence electrons. The van der Waals surface area contributed by atoms with Crippen LogP contribution >= 0.6 is 0 Å². The lowest BCUT2D eigenvalue weighted by atomic mass is 10.1. The van der Waals surface area contributed by atoms with Crippen molar-refractivity contribution in [1.29, 1.82) is 0 Å². The summed E-state index contributed by atoms with van der Waals surface area (Å²) < 4.78 is 27.1. The highest BCUT2D eigenvalue weighted by Gasteiger charge is 2.23. The van der Waals surface area contributed by atoms with Gasteiger partial charge in [0.25, 0.3) is 0 Å². The minimum Gasteiger partial charge on any atom is -0.395 e. The van der Waals surface area contributed by atoms with E-state index in [1.165, 1.54) is 11.0 Å². The summed E-state index contributed by atoms with van der Waals surface area (Å²) >= 11 is 0. The normalized spacial score (nSPS) is 10.9. The van der Waals surface area contributed by atoms with Gasteiger partial charge in [0.2, 0.25) is 5.91 Å². The molecule has 1 N–H and O–H groups in total. The molecule has 5 heteroatoms. The fourth-order valence-corrected chi connectivity index (χ4v) is 2.30. The van der Waals surface area contributed by atoms with Gasteiger partial charge in [0.1, 0.15) is 11.6 Å². The molecule has 0 fully saturated rings. The van der Waals surface area contributed by atoms with Gasteiger partial charge in [-0.05, 0) is 25.0 Å². The first kappa shape index (κ1) is 16.6. The first-order valence-corrected chi connectivity index (χ1v) is 6.88. The van der Waals surface area contributed by atoms with Crippen LogP contribution in [0.4, 0.5) is 8.78 Å². The van der Waals surface area contributed by atoms with Crippen LogP contribution < -0.4 is 0 Å². The molecule has 1 amide bonds. The van der Waals surface area contributed by atoms with Gasteiger partial charge in [0.05, 0.1) is 13.0 Å². The van der Waals surface area contributed by atoms with Gasteiger partial charge in [0, 0.05) is 18.2 Å². The van der Waals surface area contributed by atoms with Crippen molar-refractivity contribution in [1.82, 2.24) is 4.90 Å². The smallest absolute Gasteiger partial charge is 0.227 e. The lowest BCUT2D eigenvalue weighted by molar-refractivity contribution is -0.133. The predicted molar refractivity (Wildman–Crippen MR) is 73.2 cm³/mol. The third-order valence-corrected chi connectivity index (χ3v) is 3.43. The summed E-state index contributed by atoms with van der Waals surface area (Å²) in [7, 11) is 0. The fourth-order valence-electron chi connectivity index (χ4n) is 2.30. The number of benzene rings is 1. The molecule has 0 saturated carbocycles. The molecule has 1 rings (SSSR count). The van der Waals surface area contributed by atoms with Gasteiger partial charge in [-0.15, -0.1) is 0 Å². The van der Waals surface area contributed by atoms with Gasteiger partial charge in [0.15, 0.2) is 0 Å². The topological polar surface area (TPSA) is 40.5 Å². The molecular formula is C15H21F2NO2. The summed E-state index contributed by atoms with van der Waals surface area (Å²) in [5.74, 6) is -1.80. The van der Waals surface area contributed by atoms with Gasteiger partial charge in [-0.3, -0.25) is 4.79 Å². The Bertz CT molecular complexity index is 427. The lowest BCUT2D eigenvalue weighted by Crippen LogP contribution is -2.42. The van der Waals surface area contributed by atoms with Crippen LogP contribution in [-0.4, -0.2) is 35.1 Å². The number of carbonyl (C=O) groups is 1. The monoisotopic (exact) mass is 285 g/mol. The van der Waals surface area contributed by atoms with Gasteiger partial charge in [-0.2, -0.15) is 0 Å². The Kier molecular flexibility index (Phi) is 6.58. The molecule has 0 bridgehead atoms. The molecule has 0 spiro atoms. The Labute approximate surface area is 118 Å². The molecule has 1 aromatic carbocycles. The molecule has 0 atom stereocenters. The molecule has 0 aliphatic rings. The summed E-state index contributed by atoms with van der Waals surface area (Å²) in [5.41, 5.74) is -0.216. The van der Waals surface area contributed by atoms with Gasteiger partial charge in [-0.1, -0.05) is 19.9 Å². The van der Waals surface area contributed by atoms with Gasteiger partial charge in [-0.25, -0.2) is 8.78 Å². The number of amides is 1. The van der Waals surface area contributed by atoms with Crippen molar-refractivity contribution in [2.75, 3.05) is 13.2 Å². The van der Waals surface area contributed by atoms with Crippen LogP contribution in [0.5, 0.6) is 0 Å². The molecule has 0 saturated heterocycles. The van der Waals surface area contributed by atoms with Crippen LogP contribution in [0.1, 0.15) is 32.3 Å². The maximum atomic E-state index is 13.6. The van der Waals surface area contributed by atoms with E-state index in [4.69, 9.17) is 5.11 Å². The van der Waals surface area contributed by atoms with Crippen molar-refractivity contribution >= 4 is 5.91 Å². The molecular weight excluding hydrogens is 264 g/mol. The van der Waals surface area contributed by atoms with Crippen molar-refractivity contribution in [3.63, 3.8) is 0 Å². The minimum atomic E-state index is -0.716. The van der Waals surface area contributed by atoms with Crippen LogP contribution in [-0.2, 0) is 11.2 Å². The lowest BCUT2D eigenvalue weighted by Gasteiger charge is -2.30. The third kappa shape index (κ3) is 4.00. The predicted octanol–water partition coefficient (Wildman–Crippen LogP) is 2.52. The number of halogens is 2.